The number of carbonyl (C=O) groups is 2. The molecule has 1 aromatic carbocycles. The van der Waals surface area contributed by atoms with Crippen LogP contribution in [0.25, 0.3) is 0 Å². The average molecular weight is 358 g/mol. The molecule has 6 nitrogen and oxygen atoms in total. The van der Waals surface area contributed by atoms with E-state index in [-0.39, 0.29) is 24.8 Å². The Morgan fingerprint density at radius 2 is 1.84 bits per heavy atom. The quantitative estimate of drug-likeness (QED) is 0.829. The third-order valence-corrected chi connectivity index (χ3v) is 5.32. The van der Waals surface area contributed by atoms with Crippen LogP contribution in [0.15, 0.2) is 30.3 Å². The standard InChI is InChI=1S/C18H22N4O2S/c23-15(11-12-19-16(24)13-7-3-1-4-8-13)20-18-22-21-17(25-18)14-9-5-2-6-10-14/h1,3-4,7-8,14H,2,5-6,9-12H2,(H,19,24)(H,20,22,23). The second-order valence-electron chi connectivity index (χ2n) is 6.20. The smallest absolute Gasteiger partial charge is 0.251 e. The number of carbonyl (C=O) groups excluding carboxylic acids is 2. The summed E-state index contributed by atoms with van der Waals surface area (Å²) in [5.74, 6) is 0.144. The Hall–Kier alpha value is -2.28. The maximum absolute atomic E-state index is 12.0. The van der Waals surface area contributed by atoms with E-state index in [0.29, 0.717) is 16.6 Å². The maximum Gasteiger partial charge on any atom is 0.251 e. The van der Waals surface area contributed by atoms with E-state index in [1.165, 1.54) is 30.6 Å². The number of nitrogens with zero attached hydrogens (tertiary/aromatic N) is 2. The van der Waals surface area contributed by atoms with E-state index in [2.05, 4.69) is 20.8 Å². The number of rotatable bonds is 6. The molecule has 1 heterocycles. The van der Waals surface area contributed by atoms with Crippen LogP contribution in [-0.2, 0) is 4.79 Å². The predicted molar refractivity (Wildman–Crippen MR) is 97.8 cm³/mol. The minimum atomic E-state index is -0.177. The van der Waals surface area contributed by atoms with E-state index in [0.717, 1.165) is 17.8 Å². The zero-order valence-electron chi connectivity index (χ0n) is 14.0. The lowest BCUT2D eigenvalue weighted by Gasteiger charge is -2.18. The number of amides is 2. The van der Waals surface area contributed by atoms with Gasteiger partial charge in [-0.2, -0.15) is 0 Å². The fraction of sp³-hybridized carbons (Fsp3) is 0.444. The summed E-state index contributed by atoms with van der Waals surface area (Å²) in [5, 5.41) is 15.4. The molecular formula is C18H22N4O2S. The molecule has 0 aliphatic heterocycles. The minimum absolute atomic E-state index is 0.167. The first kappa shape index (κ1) is 17.5. The van der Waals surface area contributed by atoms with Crippen molar-refractivity contribution < 1.29 is 9.59 Å². The Labute approximate surface area is 151 Å². The van der Waals surface area contributed by atoms with E-state index >= 15 is 0 Å². The van der Waals surface area contributed by atoms with Crippen LogP contribution in [0, 0.1) is 0 Å². The van der Waals surface area contributed by atoms with Crippen molar-refractivity contribution in [1.29, 1.82) is 0 Å². The SMILES string of the molecule is O=C(CCNC(=O)c1ccccc1)Nc1nnc(C2CCCCC2)s1. The molecule has 1 aliphatic carbocycles. The highest BCUT2D eigenvalue weighted by atomic mass is 32.1. The number of aromatic nitrogens is 2. The molecule has 0 saturated heterocycles. The van der Waals surface area contributed by atoms with Crippen molar-refractivity contribution in [2.45, 2.75) is 44.4 Å². The first-order valence-corrected chi connectivity index (χ1v) is 9.50. The highest BCUT2D eigenvalue weighted by molar-refractivity contribution is 7.15. The van der Waals surface area contributed by atoms with Crippen LogP contribution in [0.2, 0.25) is 0 Å². The molecule has 2 amide bonds. The first-order valence-electron chi connectivity index (χ1n) is 8.69. The Kier molecular flexibility index (Phi) is 6.11. The third kappa shape index (κ3) is 5.09. The second kappa shape index (κ2) is 8.71. The lowest BCUT2D eigenvalue weighted by Crippen LogP contribution is -2.27. The number of nitrogens with one attached hydrogen (secondary N) is 2. The molecule has 1 aromatic heterocycles. The highest BCUT2D eigenvalue weighted by Crippen LogP contribution is 2.35. The average Bonchev–Trinajstić information content (AvgIpc) is 3.11. The lowest BCUT2D eigenvalue weighted by atomic mass is 9.90. The fourth-order valence-electron chi connectivity index (χ4n) is 2.96. The van der Waals surface area contributed by atoms with Gasteiger partial charge in [-0.3, -0.25) is 9.59 Å². The van der Waals surface area contributed by atoms with Gasteiger partial charge in [-0.05, 0) is 25.0 Å². The molecule has 1 fully saturated rings. The molecule has 0 spiro atoms. The fourth-order valence-corrected chi connectivity index (χ4v) is 3.89. The second-order valence-corrected chi connectivity index (χ2v) is 7.21. The molecule has 132 valence electrons. The first-order chi connectivity index (χ1) is 12.2. The van der Waals surface area contributed by atoms with E-state index < -0.39 is 0 Å². The van der Waals surface area contributed by atoms with Gasteiger partial charge in [0.15, 0.2) is 0 Å². The van der Waals surface area contributed by atoms with Crippen LogP contribution in [0.3, 0.4) is 0 Å². The van der Waals surface area contributed by atoms with Crippen LogP contribution in [0.4, 0.5) is 5.13 Å². The van der Waals surface area contributed by atoms with Gasteiger partial charge in [0.25, 0.3) is 5.91 Å². The van der Waals surface area contributed by atoms with Crippen molar-refractivity contribution in [2.75, 3.05) is 11.9 Å². The Bertz CT molecular complexity index is 711. The molecule has 2 N–H and O–H groups in total. The zero-order chi connectivity index (χ0) is 17.5. The van der Waals surface area contributed by atoms with Crippen LogP contribution in [0.5, 0.6) is 0 Å². The van der Waals surface area contributed by atoms with E-state index in [9.17, 15) is 9.59 Å². The summed E-state index contributed by atoms with van der Waals surface area (Å²) in [7, 11) is 0. The Balaban J connectivity index is 1.42. The minimum Gasteiger partial charge on any atom is -0.352 e. The molecule has 0 bridgehead atoms. The monoisotopic (exact) mass is 358 g/mol. The summed E-state index contributed by atoms with van der Waals surface area (Å²) in [6.07, 6.45) is 6.31. The Morgan fingerprint density at radius 3 is 2.60 bits per heavy atom. The lowest BCUT2D eigenvalue weighted by molar-refractivity contribution is -0.116. The molecule has 1 aliphatic rings. The Morgan fingerprint density at radius 1 is 1.08 bits per heavy atom. The van der Waals surface area contributed by atoms with Gasteiger partial charge in [-0.1, -0.05) is 48.8 Å². The third-order valence-electron chi connectivity index (χ3n) is 4.31. The number of benzene rings is 1. The van der Waals surface area contributed by atoms with Gasteiger partial charge in [-0.25, -0.2) is 0 Å². The van der Waals surface area contributed by atoms with Gasteiger partial charge in [0.1, 0.15) is 5.01 Å². The molecule has 3 rings (SSSR count). The summed E-state index contributed by atoms with van der Waals surface area (Å²) < 4.78 is 0. The zero-order valence-corrected chi connectivity index (χ0v) is 14.8. The summed E-state index contributed by atoms with van der Waals surface area (Å²) in [5.41, 5.74) is 0.587. The normalized spacial score (nSPS) is 14.9. The van der Waals surface area contributed by atoms with Crippen molar-refractivity contribution >= 4 is 28.3 Å². The highest BCUT2D eigenvalue weighted by Gasteiger charge is 2.20. The van der Waals surface area contributed by atoms with Crippen LogP contribution in [0.1, 0.15) is 59.8 Å². The van der Waals surface area contributed by atoms with Gasteiger partial charge in [-0.15, -0.1) is 10.2 Å². The predicted octanol–water partition coefficient (Wildman–Crippen LogP) is 3.34. The van der Waals surface area contributed by atoms with Crippen molar-refractivity contribution in [1.82, 2.24) is 15.5 Å². The van der Waals surface area contributed by atoms with Gasteiger partial charge in [0.2, 0.25) is 11.0 Å². The van der Waals surface area contributed by atoms with E-state index in [4.69, 9.17) is 0 Å². The van der Waals surface area contributed by atoms with Crippen LogP contribution >= 0.6 is 11.3 Å². The summed E-state index contributed by atoms with van der Waals surface area (Å²) in [6, 6.07) is 8.95. The molecular weight excluding hydrogens is 336 g/mol. The molecule has 1 saturated carbocycles. The molecule has 0 atom stereocenters. The molecule has 0 radical (unpaired) electrons. The van der Waals surface area contributed by atoms with Crippen molar-refractivity contribution in [3.8, 4) is 0 Å². The maximum atomic E-state index is 12.0. The van der Waals surface area contributed by atoms with E-state index in [1.807, 2.05) is 6.07 Å². The topological polar surface area (TPSA) is 84.0 Å². The van der Waals surface area contributed by atoms with Crippen molar-refractivity contribution in [2.24, 2.45) is 0 Å². The summed E-state index contributed by atoms with van der Waals surface area (Å²) in [6.45, 7) is 0.286. The van der Waals surface area contributed by atoms with Gasteiger partial charge in [0, 0.05) is 24.4 Å². The molecule has 2 aromatic rings. The number of hydrogen-bond donors (Lipinski definition) is 2. The summed E-state index contributed by atoms with van der Waals surface area (Å²) >= 11 is 1.46. The largest absolute Gasteiger partial charge is 0.352 e. The number of anilines is 1. The number of hydrogen-bond acceptors (Lipinski definition) is 5. The van der Waals surface area contributed by atoms with Crippen LogP contribution in [-0.4, -0.2) is 28.6 Å². The van der Waals surface area contributed by atoms with Gasteiger partial charge >= 0.3 is 0 Å². The van der Waals surface area contributed by atoms with Crippen molar-refractivity contribution in [3.05, 3.63) is 40.9 Å². The van der Waals surface area contributed by atoms with E-state index in [1.54, 1.807) is 24.3 Å². The van der Waals surface area contributed by atoms with Gasteiger partial charge in [0.05, 0.1) is 0 Å². The van der Waals surface area contributed by atoms with Gasteiger partial charge < -0.3 is 10.6 Å². The van der Waals surface area contributed by atoms with Crippen molar-refractivity contribution in [3.63, 3.8) is 0 Å². The summed E-state index contributed by atoms with van der Waals surface area (Å²) in [4.78, 5) is 23.9. The molecule has 0 unspecified atom stereocenters. The molecule has 25 heavy (non-hydrogen) atoms. The van der Waals surface area contributed by atoms with Crippen LogP contribution < -0.4 is 10.6 Å². The molecule has 7 heteroatoms.